The summed E-state index contributed by atoms with van der Waals surface area (Å²) in [4.78, 5) is 36.8. The second-order valence-corrected chi connectivity index (χ2v) is 8.19. The molecule has 3 rings (SSSR count). The lowest BCUT2D eigenvalue weighted by molar-refractivity contribution is -0.121. The molecule has 7 heteroatoms. The number of benzene rings is 2. The molecule has 6 nitrogen and oxygen atoms in total. The summed E-state index contributed by atoms with van der Waals surface area (Å²) in [5.41, 5.74) is 2.80. The van der Waals surface area contributed by atoms with Crippen molar-refractivity contribution in [2.24, 2.45) is 0 Å². The van der Waals surface area contributed by atoms with Gasteiger partial charge in [-0.15, -0.1) is 11.3 Å². The van der Waals surface area contributed by atoms with Gasteiger partial charge in [0.25, 0.3) is 0 Å². The van der Waals surface area contributed by atoms with Crippen LogP contribution in [0.15, 0.2) is 66.0 Å². The number of Topliss-reactive ketones (excluding diaryl/α,β-unsaturated/α-hetero) is 1. The zero-order valence-corrected chi connectivity index (χ0v) is 18.7. The molecule has 1 aromatic heterocycles. The number of amides is 2. The molecular weight excluding hydrogens is 424 g/mol. The fourth-order valence-electron chi connectivity index (χ4n) is 3.23. The molecule has 0 aliphatic carbocycles. The Balaban J connectivity index is 1.44. The average molecular weight is 451 g/mol. The van der Waals surface area contributed by atoms with Crippen LogP contribution in [0.4, 0.5) is 5.69 Å². The first-order valence-electron chi connectivity index (χ1n) is 10.4. The maximum Gasteiger partial charge on any atom is 0.226 e. The molecule has 0 bridgehead atoms. The molecule has 0 spiro atoms. The highest BCUT2D eigenvalue weighted by Crippen LogP contribution is 2.25. The second-order valence-electron chi connectivity index (χ2n) is 7.24. The molecule has 0 saturated carbocycles. The Morgan fingerprint density at radius 2 is 1.72 bits per heavy atom. The van der Waals surface area contributed by atoms with Crippen LogP contribution < -0.4 is 15.4 Å². The number of ether oxygens (including phenoxy) is 1. The van der Waals surface area contributed by atoms with Gasteiger partial charge in [-0.1, -0.05) is 36.4 Å². The third kappa shape index (κ3) is 7.06. The number of nitrogens with one attached hydrogen (secondary N) is 2. The SMILES string of the molecule is COc1ccc(NC(=O)CCNC(=O)CCC(=O)c2cccs2)cc1Cc1ccccc1. The number of ketones is 1. The van der Waals surface area contributed by atoms with E-state index in [1.165, 1.54) is 11.3 Å². The number of carbonyl (C=O) groups excluding carboxylic acids is 3. The number of thiophene rings is 1. The van der Waals surface area contributed by atoms with Crippen LogP contribution in [0.2, 0.25) is 0 Å². The van der Waals surface area contributed by atoms with Gasteiger partial charge in [0, 0.05) is 43.5 Å². The summed E-state index contributed by atoms with van der Waals surface area (Å²) < 4.78 is 5.45. The normalized spacial score (nSPS) is 10.4. The standard InChI is InChI=1S/C25H26N2O4S/c1-31-22-11-9-20(17-19(22)16-18-6-3-2-4-7-18)27-25(30)13-14-26-24(29)12-10-21(28)23-8-5-15-32-23/h2-9,11,15,17H,10,12-14,16H2,1H3,(H,26,29)(H,27,30). The molecule has 0 saturated heterocycles. The van der Waals surface area contributed by atoms with E-state index in [1.54, 1.807) is 19.2 Å². The molecule has 0 fully saturated rings. The van der Waals surface area contributed by atoms with E-state index < -0.39 is 0 Å². The van der Waals surface area contributed by atoms with Gasteiger partial charge in [0.2, 0.25) is 11.8 Å². The van der Waals surface area contributed by atoms with Crippen LogP contribution >= 0.6 is 11.3 Å². The smallest absolute Gasteiger partial charge is 0.226 e. The van der Waals surface area contributed by atoms with Crippen LogP contribution in [0, 0.1) is 0 Å². The molecular formula is C25H26N2O4S. The summed E-state index contributed by atoms with van der Waals surface area (Å²) in [5.74, 6) is 0.281. The first kappa shape index (κ1) is 23.2. The number of carbonyl (C=O) groups is 3. The summed E-state index contributed by atoms with van der Waals surface area (Å²) in [6.07, 6.45) is 1.10. The van der Waals surface area contributed by atoms with E-state index in [1.807, 2.05) is 53.9 Å². The zero-order valence-electron chi connectivity index (χ0n) is 17.9. The van der Waals surface area contributed by atoms with E-state index in [9.17, 15) is 14.4 Å². The quantitative estimate of drug-likeness (QED) is 0.423. The predicted octanol–water partition coefficient (Wildman–Crippen LogP) is 4.46. The Morgan fingerprint density at radius 1 is 0.906 bits per heavy atom. The lowest BCUT2D eigenvalue weighted by Gasteiger charge is -2.12. The molecule has 0 atom stereocenters. The van der Waals surface area contributed by atoms with Gasteiger partial charge in [0.05, 0.1) is 12.0 Å². The van der Waals surface area contributed by atoms with E-state index in [0.717, 1.165) is 16.9 Å². The van der Waals surface area contributed by atoms with Crippen LogP contribution in [0.3, 0.4) is 0 Å². The van der Waals surface area contributed by atoms with Crippen LogP contribution in [-0.4, -0.2) is 31.3 Å². The van der Waals surface area contributed by atoms with Gasteiger partial charge in [0.1, 0.15) is 5.75 Å². The molecule has 0 unspecified atom stereocenters. The predicted molar refractivity (Wildman–Crippen MR) is 126 cm³/mol. The number of hydrogen-bond donors (Lipinski definition) is 2. The van der Waals surface area contributed by atoms with E-state index >= 15 is 0 Å². The highest BCUT2D eigenvalue weighted by atomic mass is 32.1. The van der Waals surface area contributed by atoms with Crippen molar-refractivity contribution in [2.75, 3.05) is 19.0 Å². The molecule has 2 aromatic carbocycles. The van der Waals surface area contributed by atoms with Gasteiger partial charge in [-0.3, -0.25) is 14.4 Å². The van der Waals surface area contributed by atoms with Gasteiger partial charge < -0.3 is 15.4 Å². The molecule has 0 radical (unpaired) electrons. The number of rotatable bonds is 11. The first-order valence-corrected chi connectivity index (χ1v) is 11.3. The Kier molecular flexibility index (Phi) is 8.57. The number of anilines is 1. The number of methoxy groups -OCH3 is 1. The summed E-state index contributed by atoms with van der Waals surface area (Å²) in [6.45, 7) is 0.213. The van der Waals surface area contributed by atoms with Gasteiger partial charge in [-0.2, -0.15) is 0 Å². The van der Waals surface area contributed by atoms with Crippen LogP contribution in [0.5, 0.6) is 5.75 Å². The van der Waals surface area contributed by atoms with Crippen molar-refractivity contribution in [1.29, 1.82) is 0 Å². The highest BCUT2D eigenvalue weighted by Gasteiger charge is 2.11. The van der Waals surface area contributed by atoms with Crippen molar-refractivity contribution in [3.05, 3.63) is 82.0 Å². The average Bonchev–Trinajstić information content (AvgIpc) is 3.33. The third-order valence-electron chi connectivity index (χ3n) is 4.85. The monoisotopic (exact) mass is 450 g/mol. The first-order chi connectivity index (χ1) is 15.5. The number of hydrogen-bond acceptors (Lipinski definition) is 5. The van der Waals surface area contributed by atoms with Crippen LogP contribution in [0.25, 0.3) is 0 Å². The van der Waals surface area contributed by atoms with Crippen molar-refractivity contribution in [3.8, 4) is 5.75 Å². The van der Waals surface area contributed by atoms with E-state index in [4.69, 9.17) is 4.74 Å². The summed E-state index contributed by atoms with van der Waals surface area (Å²) in [6, 6.07) is 19.1. The minimum atomic E-state index is -0.239. The molecule has 2 amide bonds. The second kappa shape index (κ2) is 11.8. The van der Waals surface area contributed by atoms with Crippen molar-refractivity contribution in [3.63, 3.8) is 0 Å². The molecule has 32 heavy (non-hydrogen) atoms. The molecule has 1 heterocycles. The summed E-state index contributed by atoms with van der Waals surface area (Å²) in [5, 5.41) is 7.39. The maximum atomic E-state index is 12.3. The van der Waals surface area contributed by atoms with Crippen LogP contribution in [0.1, 0.15) is 40.1 Å². The van der Waals surface area contributed by atoms with Crippen LogP contribution in [-0.2, 0) is 16.0 Å². The minimum Gasteiger partial charge on any atom is -0.496 e. The fourth-order valence-corrected chi connectivity index (χ4v) is 3.92. The van der Waals surface area contributed by atoms with Gasteiger partial charge in [0.15, 0.2) is 5.78 Å². The fraction of sp³-hybridized carbons (Fsp3) is 0.240. The Bertz CT molecular complexity index is 1050. The van der Waals surface area contributed by atoms with Crippen molar-refractivity contribution < 1.29 is 19.1 Å². The molecule has 0 aliphatic rings. The Labute approximate surface area is 191 Å². The van der Waals surface area contributed by atoms with Crippen molar-refractivity contribution in [2.45, 2.75) is 25.7 Å². The largest absolute Gasteiger partial charge is 0.496 e. The third-order valence-corrected chi connectivity index (χ3v) is 5.76. The minimum absolute atomic E-state index is 0.0429. The lowest BCUT2D eigenvalue weighted by Crippen LogP contribution is -2.27. The topological polar surface area (TPSA) is 84.5 Å². The molecule has 2 N–H and O–H groups in total. The summed E-state index contributed by atoms with van der Waals surface area (Å²) in [7, 11) is 1.62. The molecule has 166 valence electrons. The van der Waals surface area contributed by atoms with Crippen molar-refractivity contribution >= 4 is 34.6 Å². The summed E-state index contributed by atoms with van der Waals surface area (Å²) >= 11 is 1.37. The van der Waals surface area contributed by atoms with Crippen molar-refractivity contribution in [1.82, 2.24) is 5.32 Å². The van der Waals surface area contributed by atoms with Gasteiger partial charge in [-0.25, -0.2) is 0 Å². The lowest BCUT2D eigenvalue weighted by atomic mass is 10.0. The molecule has 3 aromatic rings. The maximum absolute atomic E-state index is 12.3. The molecule has 0 aliphatic heterocycles. The zero-order chi connectivity index (χ0) is 22.8. The van der Waals surface area contributed by atoms with E-state index in [2.05, 4.69) is 10.6 Å². The van der Waals surface area contributed by atoms with Gasteiger partial charge >= 0.3 is 0 Å². The van der Waals surface area contributed by atoms with E-state index in [-0.39, 0.29) is 43.4 Å². The Morgan fingerprint density at radius 3 is 2.44 bits per heavy atom. The van der Waals surface area contributed by atoms with Gasteiger partial charge in [-0.05, 0) is 35.2 Å². The Hall–Kier alpha value is -3.45. The van der Waals surface area contributed by atoms with E-state index in [0.29, 0.717) is 17.0 Å². The highest BCUT2D eigenvalue weighted by molar-refractivity contribution is 7.12.